The molecule has 1 aliphatic heterocycles. The molecule has 1 aliphatic rings. The Hall–Kier alpha value is -2.92. The molecular weight excluding hydrogens is 428 g/mol. The Balaban J connectivity index is 2.67. The van der Waals surface area contributed by atoms with E-state index in [9.17, 15) is 10.1 Å². The Morgan fingerprint density at radius 3 is 2.79 bits per heavy atom. The standard InChI is InChI=1S/C20H21BrN2O5/c1-5-7-27-18-14(21)8-12(9-15(18)25-4)17-13(10-22)19(23)28-11(3)16(17)20(24)26-6-2/h5,8-9,17H,1,6-7,23H2,2-4H3. The van der Waals surface area contributed by atoms with Gasteiger partial charge in [0.05, 0.1) is 29.7 Å². The van der Waals surface area contributed by atoms with Crippen LogP contribution >= 0.6 is 15.9 Å². The number of nitrogens with zero attached hydrogens (tertiary/aromatic N) is 1. The lowest BCUT2D eigenvalue weighted by Crippen LogP contribution is -2.25. The van der Waals surface area contributed by atoms with Crippen LogP contribution in [0.3, 0.4) is 0 Å². The zero-order valence-electron chi connectivity index (χ0n) is 15.9. The minimum Gasteiger partial charge on any atom is -0.493 e. The molecule has 0 bridgehead atoms. The quantitative estimate of drug-likeness (QED) is 0.501. The lowest BCUT2D eigenvalue weighted by molar-refractivity contribution is -0.139. The van der Waals surface area contributed by atoms with E-state index in [2.05, 4.69) is 22.5 Å². The summed E-state index contributed by atoms with van der Waals surface area (Å²) < 4.78 is 22.3. The number of hydrogen-bond acceptors (Lipinski definition) is 7. The molecule has 8 heteroatoms. The molecule has 0 spiro atoms. The first kappa shape index (κ1) is 21.4. The lowest BCUT2D eigenvalue weighted by Gasteiger charge is -2.27. The number of rotatable bonds is 7. The van der Waals surface area contributed by atoms with Gasteiger partial charge in [-0.3, -0.25) is 0 Å². The minimum absolute atomic E-state index is 0.0554. The first-order valence-electron chi connectivity index (χ1n) is 8.46. The van der Waals surface area contributed by atoms with E-state index >= 15 is 0 Å². The van der Waals surface area contributed by atoms with Gasteiger partial charge < -0.3 is 24.7 Å². The van der Waals surface area contributed by atoms with Crippen LogP contribution in [-0.2, 0) is 14.3 Å². The van der Waals surface area contributed by atoms with Crippen LogP contribution in [0.1, 0.15) is 25.3 Å². The predicted molar refractivity (Wildman–Crippen MR) is 106 cm³/mol. The highest BCUT2D eigenvalue weighted by atomic mass is 79.9. The molecule has 1 aromatic rings. The molecule has 148 valence electrons. The molecule has 28 heavy (non-hydrogen) atoms. The third-order valence-electron chi connectivity index (χ3n) is 4.03. The van der Waals surface area contributed by atoms with Gasteiger partial charge in [0.25, 0.3) is 0 Å². The predicted octanol–water partition coefficient (Wildman–Crippen LogP) is 3.67. The second-order valence-corrected chi connectivity index (χ2v) is 6.60. The van der Waals surface area contributed by atoms with E-state index in [1.54, 1.807) is 32.1 Å². The number of benzene rings is 1. The van der Waals surface area contributed by atoms with Crippen LogP contribution in [0.5, 0.6) is 11.5 Å². The Labute approximate surface area is 172 Å². The van der Waals surface area contributed by atoms with Gasteiger partial charge >= 0.3 is 5.97 Å². The number of ether oxygens (including phenoxy) is 4. The fourth-order valence-electron chi connectivity index (χ4n) is 2.88. The van der Waals surface area contributed by atoms with Crippen molar-refractivity contribution in [1.82, 2.24) is 0 Å². The topological polar surface area (TPSA) is 104 Å². The van der Waals surface area contributed by atoms with Gasteiger partial charge in [0.15, 0.2) is 11.5 Å². The Morgan fingerprint density at radius 1 is 1.50 bits per heavy atom. The van der Waals surface area contributed by atoms with Gasteiger partial charge in [0.1, 0.15) is 24.0 Å². The maximum atomic E-state index is 12.6. The SMILES string of the molecule is C=CCOc1c(Br)cc(C2C(C#N)=C(N)OC(C)=C2C(=O)OCC)cc1OC. The highest BCUT2D eigenvalue weighted by Gasteiger charge is 2.37. The van der Waals surface area contributed by atoms with Crippen molar-refractivity contribution in [3.63, 3.8) is 0 Å². The zero-order chi connectivity index (χ0) is 20.8. The molecule has 0 amide bonds. The third-order valence-corrected chi connectivity index (χ3v) is 4.62. The monoisotopic (exact) mass is 448 g/mol. The molecule has 1 atom stereocenters. The van der Waals surface area contributed by atoms with Crippen LogP contribution in [0.4, 0.5) is 0 Å². The summed E-state index contributed by atoms with van der Waals surface area (Å²) in [6.07, 6.45) is 1.61. The van der Waals surface area contributed by atoms with Crippen LogP contribution in [0, 0.1) is 11.3 Å². The number of nitriles is 1. The highest BCUT2D eigenvalue weighted by Crippen LogP contribution is 2.45. The maximum absolute atomic E-state index is 12.6. The van der Waals surface area contributed by atoms with Crippen molar-refractivity contribution >= 4 is 21.9 Å². The molecule has 7 nitrogen and oxygen atoms in total. The summed E-state index contributed by atoms with van der Waals surface area (Å²) in [4.78, 5) is 12.6. The summed E-state index contributed by atoms with van der Waals surface area (Å²) in [6, 6.07) is 5.48. The molecule has 1 heterocycles. The van der Waals surface area contributed by atoms with Crippen molar-refractivity contribution in [1.29, 1.82) is 5.26 Å². The first-order valence-corrected chi connectivity index (χ1v) is 9.25. The van der Waals surface area contributed by atoms with Crippen molar-refractivity contribution in [2.45, 2.75) is 19.8 Å². The maximum Gasteiger partial charge on any atom is 0.338 e. The van der Waals surface area contributed by atoms with E-state index in [-0.39, 0.29) is 36.0 Å². The average Bonchev–Trinajstić information content (AvgIpc) is 2.66. The number of halogens is 1. The molecule has 0 aliphatic carbocycles. The van der Waals surface area contributed by atoms with Gasteiger partial charge in [-0.05, 0) is 47.5 Å². The van der Waals surface area contributed by atoms with E-state index in [0.717, 1.165) is 0 Å². The Kier molecular flexibility index (Phi) is 7.12. The molecule has 0 fully saturated rings. The lowest BCUT2D eigenvalue weighted by atomic mass is 9.83. The minimum atomic E-state index is -0.767. The van der Waals surface area contributed by atoms with Crippen molar-refractivity contribution in [2.75, 3.05) is 20.3 Å². The molecule has 0 aromatic heterocycles. The summed E-state index contributed by atoms with van der Waals surface area (Å²) in [5.41, 5.74) is 6.84. The van der Waals surface area contributed by atoms with Gasteiger partial charge in [-0.15, -0.1) is 0 Å². The number of allylic oxidation sites excluding steroid dienone is 2. The van der Waals surface area contributed by atoms with E-state index in [4.69, 9.17) is 24.7 Å². The van der Waals surface area contributed by atoms with Crippen LogP contribution < -0.4 is 15.2 Å². The van der Waals surface area contributed by atoms with Gasteiger partial charge in [0, 0.05) is 0 Å². The smallest absolute Gasteiger partial charge is 0.338 e. The number of hydrogen-bond donors (Lipinski definition) is 1. The molecular formula is C20H21BrN2O5. The van der Waals surface area contributed by atoms with E-state index in [0.29, 0.717) is 21.5 Å². The second kappa shape index (κ2) is 9.33. The number of methoxy groups -OCH3 is 1. The van der Waals surface area contributed by atoms with Crippen LogP contribution in [0.2, 0.25) is 0 Å². The average molecular weight is 449 g/mol. The van der Waals surface area contributed by atoms with E-state index in [1.807, 2.05) is 6.07 Å². The third kappa shape index (κ3) is 4.15. The van der Waals surface area contributed by atoms with Crippen LogP contribution in [0.25, 0.3) is 0 Å². The van der Waals surface area contributed by atoms with Gasteiger partial charge in [-0.25, -0.2) is 4.79 Å². The summed E-state index contributed by atoms with van der Waals surface area (Å²) in [5.74, 6) is -0.215. The number of carbonyl (C=O) groups excluding carboxylic acids is 1. The largest absolute Gasteiger partial charge is 0.493 e. The van der Waals surface area contributed by atoms with Crippen molar-refractivity contribution in [3.8, 4) is 17.6 Å². The van der Waals surface area contributed by atoms with E-state index < -0.39 is 11.9 Å². The molecule has 0 saturated carbocycles. The summed E-state index contributed by atoms with van der Waals surface area (Å²) in [5, 5.41) is 9.65. The zero-order valence-corrected chi connectivity index (χ0v) is 17.5. The Bertz CT molecular complexity index is 899. The molecule has 0 radical (unpaired) electrons. The van der Waals surface area contributed by atoms with E-state index in [1.165, 1.54) is 7.11 Å². The van der Waals surface area contributed by atoms with Gasteiger partial charge in [-0.1, -0.05) is 12.7 Å². The summed E-state index contributed by atoms with van der Waals surface area (Å²) in [6.45, 7) is 7.41. The summed E-state index contributed by atoms with van der Waals surface area (Å²) in [7, 11) is 1.50. The fraction of sp³-hybridized carbons (Fsp3) is 0.300. The number of esters is 1. The molecule has 2 rings (SSSR count). The molecule has 1 aromatic carbocycles. The second-order valence-electron chi connectivity index (χ2n) is 5.75. The number of carbonyl (C=O) groups is 1. The summed E-state index contributed by atoms with van der Waals surface area (Å²) >= 11 is 3.46. The van der Waals surface area contributed by atoms with Crippen molar-refractivity contribution < 1.29 is 23.7 Å². The normalized spacial score (nSPS) is 16.2. The Morgan fingerprint density at radius 2 is 2.21 bits per heavy atom. The van der Waals surface area contributed by atoms with Crippen molar-refractivity contribution in [3.05, 3.63) is 57.6 Å². The molecule has 2 N–H and O–H groups in total. The number of nitrogens with two attached hydrogens (primary N) is 1. The highest BCUT2D eigenvalue weighted by molar-refractivity contribution is 9.10. The van der Waals surface area contributed by atoms with Crippen LogP contribution in [0.15, 0.2) is 52.0 Å². The van der Waals surface area contributed by atoms with Crippen molar-refractivity contribution in [2.24, 2.45) is 5.73 Å². The molecule has 0 saturated heterocycles. The van der Waals surface area contributed by atoms with Gasteiger partial charge in [0.2, 0.25) is 5.88 Å². The first-order chi connectivity index (χ1) is 13.4. The fourth-order valence-corrected chi connectivity index (χ4v) is 3.45. The van der Waals surface area contributed by atoms with Gasteiger partial charge in [-0.2, -0.15) is 5.26 Å². The van der Waals surface area contributed by atoms with Crippen LogP contribution in [-0.4, -0.2) is 26.3 Å². The molecule has 1 unspecified atom stereocenters.